The topological polar surface area (TPSA) is 41.9 Å². The Morgan fingerprint density at radius 1 is 1.50 bits per heavy atom. The molecular formula is C8H12N2O2. The van der Waals surface area contributed by atoms with Crippen molar-refractivity contribution >= 4 is 11.9 Å². The zero-order chi connectivity index (χ0) is 9.30. The first-order valence-corrected chi connectivity index (χ1v) is 3.68. The van der Waals surface area contributed by atoms with Crippen molar-refractivity contribution in [3.63, 3.8) is 0 Å². The minimum Gasteiger partial charge on any atom is -0.407 e. The van der Waals surface area contributed by atoms with E-state index in [-0.39, 0.29) is 5.97 Å². The van der Waals surface area contributed by atoms with Crippen molar-refractivity contribution in [2.24, 2.45) is 4.99 Å². The van der Waals surface area contributed by atoms with Crippen molar-refractivity contribution in [1.29, 1.82) is 0 Å². The Bertz CT molecular complexity index is 277. The number of rotatable bonds is 1. The molecule has 4 nitrogen and oxygen atoms in total. The summed E-state index contributed by atoms with van der Waals surface area (Å²) in [6.45, 7) is 3.49. The number of hydrogen-bond donors (Lipinski definition) is 0. The molecule has 0 aromatic rings. The molecule has 12 heavy (non-hydrogen) atoms. The predicted molar refractivity (Wildman–Crippen MR) is 45.6 cm³/mol. The maximum atomic E-state index is 11.1. The average Bonchev–Trinajstić information content (AvgIpc) is 2.28. The number of carbonyl (C=O) groups is 1. The van der Waals surface area contributed by atoms with Crippen LogP contribution in [0.15, 0.2) is 16.4 Å². The van der Waals surface area contributed by atoms with Crippen molar-refractivity contribution in [1.82, 2.24) is 4.90 Å². The number of cyclic esters (lactones) is 1. The summed E-state index contributed by atoms with van der Waals surface area (Å²) in [4.78, 5) is 16.9. The smallest absolute Gasteiger partial charge is 0.365 e. The Hall–Kier alpha value is -1.32. The molecule has 4 heteroatoms. The molecule has 0 atom stereocenters. The molecule has 0 saturated carbocycles. The average molecular weight is 168 g/mol. The lowest BCUT2D eigenvalue weighted by atomic mass is 10.3. The van der Waals surface area contributed by atoms with E-state index < -0.39 is 0 Å². The van der Waals surface area contributed by atoms with Crippen molar-refractivity contribution in [2.45, 2.75) is 13.8 Å². The summed E-state index contributed by atoms with van der Waals surface area (Å²) in [6.07, 6.45) is 0. The molecule has 1 rings (SSSR count). The number of esters is 1. The minimum absolute atomic E-state index is 0.362. The molecule has 0 amide bonds. The van der Waals surface area contributed by atoms with Gasteiger partial charge in [0, 0.05) is 26.7 Å². The normalized spacial score (nSPS) is 20.3. The summed E-state index contributed by atoms with van der Waals surface area (Å²) in [5.74, 6) is 0.0508. The Labute approximate surface area is 71.5 Å². The molecule has 0 spiro atoms. The maximum absolute atomic E-state index is 11.1. The molecule has 66 valence electrons. The number of nitrogens with zero attached hydrogens (tertiary/aromatic N) is 2. The van der Waals surface area contributed by atoms with Gasteiger partial charge in [0.05, 0.1) is 0 Å². The third-order valence-electron chi connectivity index (χ3n) is 1.72. The molecule has 0 N–H and O–H groups in total. The van der Waals surface area contributed by atoms with E-state index >= 15 is 0 Å². The van der Waals surface area contributed by atoms with Gasteiger partial charge in [-0.1, -0.05) is 0 Å². The van der Waals surface area contributed by atoms with Crippen LogP contribution in [0.5, 0.6) is 0 Å². The first-order chi connectivity index (χ1) is 5.52. The van der Waals surface area contributed by atoms with Gasteiger partial charge in [-0.3, -0.25) is 0 Å². The van der Waals surface area contributed by atoms with Crippen LogP contribution in [0, 0.1) is 0 Å². The molecule has 1 aliphatic rings. The molecule has 1 aliphatic heterocycles. The summed E-state index contributed by atoms with van der Waals surface area (Å²) < 4.78 is 4.77. The molecule has 0 aromatic heterocycles. The van der Waals surface area contributed by atoms with Gasteiger partial charge in [-0.25, -0.2) is 9.79 Å². The van der Waals surface area contributed by atoms with E-state index in [1.165, 1.54) is 0 Å². The summed E-state index contributed by atoms with van der Waals surface area (Å²) >= 11 is 0. The highest BCUT2D eigenvalue weighted by molar-refractivity contribution is 6.04. The van der Waals surface area contributed by atoms with E-state index in [9.17, 15) is 4.79 Å². The molecule has 0 saturated heterocycles. The lowest BCUT2D eigenvalue weighted by Crippen LogP contribution is -2.13. The number of carbonyl (C=O) groups excluding carboxylic acids is 1. The van der Waals surface area contributed by atoms with Crippen LogP contribution in [0.4, 0.5) is 0 Å². The Morgan fingerprint density at radius 2 is 2.08 bits per heavy atom. The van der Waals surface area contributed by atoms with Crippen LogP contribution in [0.1, 0.15) is 13.8 Å². The predicted octanol–water partition coefficient (Wildman–Crippen LogP) is 0.755. The van der Waals surface area contributed by atoms with Gasteiger partial charge in [0.25, 0.3) is 0 Å². The third kappa shape index (κ3) is 1.47. The van der Waals surface area contributed by atoms with Crippen molar-refractivity contribution in [3.8, 4) is 0 Å². The number of ether oxygens (including phenoxy) is 1. The first-order valence-electron chi connectivity index (χ1n) is 3.68. The molecule has 0 aliphatic carbocycles. The van der Waals surface area contributed by atoms with Crippen LogP contribution in [-0.4, -0.2) is 30.9 Å². The van der Waals surface area contributed by atoms with Crippen molar-refractivity contribution < 1.29 is 9.53 Å². The summed E-state index contributed by atoms with van der Waals surface area (Å²) in [6, 6.07) is 0. The van der Waals surface area contributed by atoms with E-state index in [1.54, 1.807) is 6.92 Å². The van der Waals surface area contributed by atoms with E-state index in [2.05, 4.69) is 4.99 Å². The number of allylic oxidation sites excluding steroid dienone is 1. The Kier molecular flexibility index (Phi) is 2.17. The number of aliphatic imine (C=N–C) groups is 1. The lowest BCUT2D eigenvalue weighted by molar-refractivity contribution is -0.130. The molecule has 0 aromatic carbocycles. The van der Waals surface area contributed by atoms with Gasteiger partial charge in [-0.15, -0.1) is 0 Å². The minimum atomic E-state index is -0.362. The quantitative estimate of drug-likeness (QED) is 0.428. The van der Waals surface area contributed by atoms with Gasteiger partial charge >= 0.3 is 5.97 Å². The van der Waals surface area contributed by atoms with E-state index in [1.807, 2.05) is 25.9 Å². The highest BCUT2D eigenvalue weighted by atomic mass is 16.6. The Balaban J connectivity index is 3.02. The fourth-order valence-corrected chi connectivity index (χ4v) is 0.849. The van der Waals surface area contributed by atoms with Crippen molar-refractivity contribution in [2.75, 3.05) is 14.1 Å². The molecule has 0 bridgehead atoms. The van der Waals surface area contributed by atoms with Gasteiger partial charge < -0.3 is 9.64 Å². The molecule has 0 fully saturated rings. The van der Waals surface area contributed by atoms with Gasteiger partial charge in [0.1, 0.15) is 0 Å². The van der Waals surface area contributed by atoms with E-state index in [0.717, 1.165) is 5.70 Å². The summed E-state index contributed by atoms with van der Waals surface area (Å²) in [7, 11) is 3.72. The highest BCUT2D eigenvalue weighted by Crippen LogP contribution is 2.15. The summed E-state index contributed by atoms with van der Waals surface area (Å²) in [5, 5.41) is 0. The largest absolute Gasteiger partial charge is 0.407 e. The van der Waals surface area contributed by atoms with Crippen LogP contribution >= 0.6 is 0 Å². The SMILES string of the molecule is CC1=NC(=C(C)N(C)C)C(=O)O1. The molecule has 0 unspecified atom stereocenters. The second-order valence-corrected chi connectivity index (χ2v) is 2.85. The van der Waals surface area contributed by atoms with Gasteiger partial charge in [-0.05, 0) is 6.92 Å². The fraction of sp³-hybridized carbons (Fsp3) is 0.500. The Morgan fingerprint density at radius 3 is 2.42 bits per heavy atom. The summed E-state index contributed by atoms with van der Waals surface area (Å²) in [5.41, 5.74) is 1.22. The molecule has 0 radical (unpaired) electrons. The molecular weight excluding hydrogens is 156 g/mol. The second-order valence-electron chi connectivity index (χ2n) is 2.85. The zero-order valence-electron chi connectivity index (χ0n) is 7.71. The maximum Gasteiger partial charge on any atom is 0.365 e. The van der Waals surface area contributed by atoms with E-state index in [4.69, 9.17) is 4.74 Å². The van der Waals surface area contributed by atoms with Crippen LogP contribution in [0.25, 0.3) is 0 Å². The van der Waals surface area contributed by atoms with Gasteiger partial charge in [0.2, 0.25) is 0 Å². The zero-order valence-corrected chi connectivity index (χ0v) is 7.71. The monoisotopic (exact) mass is 168 g/mol. The number of hydrogen-bond acceptors (Lipinski definition) is 4. The van der Waals surface area contributed by atoms with Crippen LogP contribution in [0.3, 0.4) is 0 Å². The third-order valence-corrected chi connectivity index (χ3v) is 1.72. The van der Waals surface area contributed by atoms with Gasteiger partial charge in [-0.2, -0.15) is 0 Å². The second kappa shape index (κ2) is 2.97. The standard InChI is InChI=1S/C8H12N2O2/c1-5(10(3)4)7-8(11)12-6(2)9-7/h1-4H3. The van der Waals surface area contributed by atoms with Crippen molar-refractivity contribution in [3.05, 3.63) is 11.4 Å². The van der Waals surface area contributed by atoms with E-state index in [0.29, 0.717) is 11.6 Å². The molecule has 1 heterocycles. The van der Waals surface area contributed by atoms with Crippen LogP contribution < -0.4 is 0 Å². The lowest BCUT2D eigenvalue weighted by Gasteiger charge is -2.12. The van der Waals surface area contributed by atoms with Crippen LogP contribution in [0.2, 0.25) is 0 Å². The first kappa shape index (κ1) is 8.77. The fourth-order valence-electron chi connectivity index (χ4n) is 0.849. The highest BCUT2D eigenvalue weighted by Gasteiger charge is 2.22. The van der Waals surface area contributed by atoms with Gasteiger partial charge in [0.15, 0.2) is 11.6 Å². The van der Waals surface area contributed by atoms with Crippen LogP contribution in [-0.2, 0) is 9.53 Å².